The number of hydrogen-bond donors (Lipinski definition) is 3. The molecule has 0 atom stereocenters. The van der Waals surface area contributed by atoms with Gasteiger partial charge in [0.25, 0.3) is 11.8 Å². The monoisotopic (exact) mass is 578 g/mol. The number of aromatic hydroxyl groups is 1. The van der Waals surface area contributed by atoms with E-state index in [1.807, 2.05) is 37.3 Å². The van der Waals surface area contributed by atoms with Crippen LogP contribution in [0.25, 0.3) is 6.08 Å². The highest BCUT2D eigenvalue weighted by Crippen LogP contribution is 2.35. The minimum atomic E-state index is -0.596. The molecule has 0 fully saturated rings. The number of carbonyl (C=O) groups excluding carboxylic acids is 2. The van der Waals surface area contributed by atoms with Gasteiger partial charge in [-0.25, -0.2) is 5.43 Å². The van der Waals surface area contributed by atoms with Crippen LogP contribution in [-0.4, -0.2) is 42.8 Å². The maximum Gasteiger partial charge on any atom is 0.287 e. The quantitative estimate of drug-likeness (QED) is 0.162. The Kier molecular flexibility index (Phi) is 10.5. The average molecular weight is 579 g/mol. The van der Waals surface area contributed by atoms with Crippen LogP contribution in [0.5, 0.6) is 11.5 Å². The number of nitrogens with zero attached hydrogens (tertiary/aromatic N) is 2. The summed E-state index contributed by atoms with van der Waals surface area (Å²) in [5, 5.41) is 16.8. The first kappa shape index (κ1) is 28.5. The van der Waals surface area contributed by atoms with Crippen molar-refractivity contribution in [3.8, 4) is 11.5 Å². The third kappa shape index (κ3) is 7.69. The number of carbonyl (C=O) groups is 2. The Balaban J connectivity index is 1.84. The van der Waals surface area contributed by atoms with Crippen LogP contribution in [-0.2, 0) is 4.79 Å². The van der Waals surface area contributed by atoms with Gasteiger partial charge in [0.2, 0.25) is 0 Å². The van der Waals surface area contributed by atoms with Crippen molar-refractivity contribution in [3.63, 3.8) is 0 Å². The molecule has 3 N–H and O–H groups in total. The number of anilines is 1. The van der Waals surface area contributed by atoms with Crippen LogP contribution in [0.1, 0.15) is 42.3 Å². The molecular formula is C29H31BrN4O4. The highest BCUT2D eigenvalue weighted by atomic mass is 79.9. The number of nitrogens with one attached hydrogen (secondary N) is 2. The highest BCUT2D eigenvalue weighted by molar-refractivity contribution is 9.10. The number of phenols is 1. The van der Waals surface area contributed by atoms with Crippen LogP contribution >= 0.6 is 15.9 Å². The molecule has 0 aliphatic carbocycles. The van der Waals surface area contributed by atoms with Gasteiger partial charge in [0.1, 0.15) is 5.70 Å². The highest BCUT2D eigenvalue weighted by Gasteiger charge is 2.15. The van der Waals surface area contributed by atoms with Crippen molar-refractivity contribution in [2.75, 3.05) is 24.6 Å². The lowest BCUT2D eigenvalue weighted by atomic mass is 10.1. The number of benzene rings is 3. The van der Waals surface area contributed by atoms with E-state index in [1.54, 1.807) is 42.5 Å². The molecule has 0 spiro atoms. The minimum Gasteiger partial charge on any atom is -0.503 e. The molecule has 3 aromatic rings. The number of phenolic OH excluding ortho intramolecular Hbond substituents is 1. The van der Waals surface area contributed by atoms with Gasteiger partial charge < -0.3 is 20.1 Å². The Morgan fingerprint density at radius 3 is 2.32 bits per heavy atom. The number of amides is 2. The fraction of sp³-hybridized carbons (Fsp3) is 0.207. The van der Waals surface area contributed by atoms with E-state index in [4.69, 9.17) is 4.74 Å². The van der Waals surface area contributed by atoms with Gasteiger partial charge in [0, 0.05) is 24.3 Å². The molecule has 9 heteroatoms. The van der Waals surface area contributed by atoms with Crippen LogP contribution < -0.4 is 20.4 Å². The smallest absolute Gasteiger partial charge is 0.287 e. The molecule has 3 rings (SSSR count). The van der Waals surface area contributed by atoms with Gasteiger partial charge in [-0.15, -0.1) is 0 Å². The fourth-order valence-electron chi connectivity index (χ4n) is 3.64. The molecule has 0 aliphatic heterocycles. The van der Waals surface area contributed by atoms with E-state index in [0.29, 0.717) is 28.0 Å². The van der Waals surface area contributed by atoms with E-state index in [9.17, 15) is 14.7 Å². The maximum absolute atomic E-state index is 13.1. The van der Waals surface area contributed by atoms with Crippen molar-refractivity contribution < 1.29 is 19.4 Å². The van der Waals surface area contributed by atoms with Crippen molar-refractivity contribution in [2.45, 2.75) is 20.8 Å². The molecule has 0 bridgehead atoms. The van der Waals surface area contributed by atoms with E-state index in [2.05, 4.69) is 50.5 Å². The molecule has 0 aromatic heterocycles. The molecule has 8 nitrogen and oxygen atoms in total. The molecule has 0 heterocycles. The van der Waals surface area contributed by atoms with Crippen molar-refractivity contribution in [1.29, 1.82) is 0 Å². The van der Waals surface area contributed by atoms with Gasteiger partial charge in [-0.1, -0.05) is 30.3 Å². The number of rotatable bonds is 11. The summed E-state index contributed by atoms with van der Waals surface area (Å²) >= 11 is 3.28. The normalized spacial score (nSPS) is 11.3. The van der Waals surface area contributed by atoms with E-state index < -0.39 is 11.8 Å². The van der Waals surface area contributed by atoms with Crippen molar-refractivity contribution >= 4 is 45.7 Å². The van der Waals surface area contributed by atoms with Crippen LogP contribution in [0.3, 0.4) is 0 Å². The minimum absolute atomic E-state index is 0.0195. The molecular weight excluding hydrogens is 548 g/mol. The Morgan fingerprint density at radius 2 is 1.68 bits per heavy atom. The summed E-state index contributed by atoms with van der Waals surface area (Å²) in [5.41, 5.74) is 5.32. The zero-order chi connectivity index (χ0) is 27.5. The van der Waals surface area contributed by atoms with E-state index in [-0.39, 0.29) is 11.4 Å². The van der Waals surface area contributed by atoms with Gasteiger partial charge in [0.15, 0.2) is 11.5 Å². The van der Waals surface area contributed by atoms with Crippen molar-refractivity contribution in [1.82, 2.24) is 10.7 Å². The second kappa shape index (κ2) is 14.0. The Hall–Kier alpha value is -4.11. The summed E-state index contributed by atoms with van der Waals surface area (Å²) < 4.78 is 5.86. The Labute approximate surface area is 231 Å². The average Bonchev–Trinajstić information content (AvgIpc) is 2.93. The third-order valence-corrected chi connectivity index (χ3v) is 6.20. The summed E-state index contributed by atoms with van der Waals surface area (Å²) in [4.78, 5) is 28.1. The van der Waals surface area contributed by atoms with E-state index in [1.165, 1.54) is 6.21 Å². The summed E-state index contributed by atoms with van der Waals surface area (Å²) in [6, 6.07) is 19.6. The summed E-state index contributed by atoms with van der Waals surface area (Å²) in [7, 11) is 0. The molecule has 0 saturated carbocycles. The lowest BCUT2D eigenvalue weighted by Crippen LogP contribution is -2.32. The van der Waals surface area contributed by atoms with Gasteiger partial charge in [0.05, 0.1) is 17.3 Å². The predicted molar refractivity (Wildman–Crippen MR) is 155 cm³/mol. The molecule has 2 amide bonds. The number of hydrazone groups is 1. The fourth-order valence-corrected chi connectivity index (χ4v) is 4.10. The van der Waals surface area contributed by atoms with Gasteiger partial charge in [-0.2, -0.15) is 5.10 Å². The molecule has 0 radical (unpaired) electrons. The topological polar surface area (TPSA) is 103 Å². The number of ether oxygens (including phenoxy) is 1. The van der Waals surface area contributed by atoms with Crippen LogP contribution in [0.2, 0.25) is 0 Å². The maximum atomic E-state index is 13.1. The van der Waals surface area contributed by atoms with Crippen LogP contribution in [0.15, 0.2) is 82.0 Å². The third-order valence-electron chi connectivity index (χ3n) is 5.59. The molecule has 38 heavy (non-hydrogen) atoms. The molecule has 3 aromatic carbocycles. The van der Waals surface area contributed by atoms with E-state index >= 15 is 0 Å². The lowest BCUT2D eigenvalue weighted by Gasteiger charge is -2.21. The Bertz CT molecular complexity index is 1300. The van der Waals surface area contributed by atoms with Gasteiger partial charge >= 0.3 is 0 Å². The van der Waals surface area contributed by atoms with Gasteiger partial charge in [-0.3, -0.25) is 9.59 Å². The Morgan fingerprint density at radius 1 is 1.00 bits per heavy atom. The van der Waals surface area contributed by atoms with Crippen LogP contribution in [0, 0.1) is 0 Å². The van der Waals surface area contributed by atoms with Gasteiger partial charge in [-0.05, 0) is 90.3 Å². The lowest BCUT2D eigenvalue weighted by molar-refractivity contribution is -0.117. The zero-order valence-corrected chi connectivity index (χ0v) is 23.2. The summed E-state index contributed by atoms with van der Waals surface area (Å²) in [5.74, 6) is -0.742. The first-order chi connectivity index (χ1) is 18.4. The predicted octanol–water partition coefficient (Wildman–Crippen LogP) is 5.32. The largest absolute Gasteiger partial charge is 0.503 e. The molecule has 0 saturated heterocycles. The first-order valence-corrected chi connectivity index (χ1v) is 13.1. The zero-order valence-electron chi connectivity index (χ0n) is 21.6. The number of hydrogen-bond acceptors (Lipinski definition) is 6. The number of halogens is 1. The molecule has 0 unspecified atom stereocenters. The molecule has 0 aliphatic rings. The second-order valence-corrected chi connectivity index (χ2v) is 8.98. The SMILES string of the molecule is CCOc1cc(/C=N/NC(=O)C(=Cc2ccc(N(CC)CC)cc2)NC(=O)c2ccccc2)cc(Br)c1O. The summed E-state index contributed by atoms with van der Waals surface area (Å²) in [6.07, 6.45) is 3.02. The van der Waals surface area contributed by atoms with Crippen molar-refractivity contribution in [2.24, 2.45) is 5.10 Å². The van der Waals surface area contributed by atoms with E-state index in [0.717, 1.165) is 24.3 Å². The molecule has 198 valence electrons. The first-order valence-electron chi connectivity index (χ1n) is 12.3. The standard InChI is InChI=1S/C29H31BrN4O4/c1-4-34(5-2)23-14-12-20(13-15-23)17-25(32-28(36)22-10-8-7-9-11-22)29(37)33-31-19-21-16-24(30)27(35)26(18-21)38-6-3/h7-19,35H,4-6H2,1-3H3,(H,32,36)(H,33,37)/b25-17?,31-19+. The summed E-state index contributed by atoms with van der Waals surface area (Å²) in [6.45, 7) is 8.13. The van der Waals surface area contributed by atoms with Crippen molar-refractivity contribution in [3.05, 3.63) is 93.6 Å². The van der Waals surface area contributed by atoms with Crippen LogP contribution in [0.4, 0.5) is 5.69 Å². The second-order valence-electron chi connectivity index (χ2n) is 8.12.